The molecule has 3 nitrogen and oxygen atoms in total. The minimum Gasteiger partial charge on any atom is -0.230 e. The molecule has 12 heavy (non-hydrogen) atoms. The molecule has 0 unspecified atom stereocenters. The summed E-state index contributed by atoms with van der Waals surface area (Å²) < 4.78 is 23.0. The van der Waals surface area contributed by atoms with E-state index in [1.165, 1.54) is 11.3 Å². The van der Waals surface area contributed by atoms with Gasteiger partial charge in [0, 0.05) is 5.38 Å². The van der Waals surface area contributed by atoms with Gasteiger partial charge >= 0.3 is 0 Å². The van der Waals surface area contributed by atoms with E-state index in [0.717, 1.165) is 5.01 Å². The fourth-order valence-electron chi connectivity index (χ4n) is 0.716. The Kier molecular flexibility index (Phi) is 2.53. The van der Waals surface area contributed by atoms with Crippen molar-refractivity contribution >= 4 is 21.2 Å². The van der Waals surface area contributed by atoms with Crippen LogP contribution in [0.25, 0.3) is 0 Å². The molecule has 68 valence electrons. The van der Waals surface area contributed by atoms with Gasteiger partial charge in [0.05, 0.1) is 10.3 Å². The fraction of sp³-hybridized carbons (Fsp3) is 0.571. The topological polar surface area (TPSA) is 47.0 Å². The van der Waals surface area contributed by atoms with Gasteiger partial charge in [0.25, 0.3) is 0 Å². The van der Waals surface area contributed by atoms with Crippen LogP contribution in [0.1, 0.15) is 18.9 Å². The Hall–Kier alpha value is -0.420. The standard InChI is InChI=1S/C7H11NO2S2/c1-5(2)12(9,10)7-4-11-6(3)8-7/h4-5H,1-3H3. The van der Waals surface area contributed by atoms with Gasteiger partial charge < -0.3 is 0 Å². The summed E-state index contributed by atoms with van der Waals surface area (Å²) in [7, 11) is -3.16. The predicted octanol–water partition coefficient (Wildman–Crippen LogP) is 1.63. The van der Waals surface area contributed by atoms with E-state index >= 15 is 0 Å². The molecular weight excluding hydrogens is 194 g/mol. The number of nitrogens with zero attached hydrogens (tertiary/aromatic N) is 1. The Balaban J connectivity index is 3.15. The van der Waals surface area contributed by atoms with E-state index in [1.807, 2.05) is 0 Å². The largest absolute Gasteiger partial charge is 0.230 e. The van der Waals surface area contributed by atoms with Crippen LogP contribution in [0.4, 0.5) is 0 Å². The van der Waals surface area contributed by atoms with E-state index in [0.29, 0.717) is 0 Å². The smallest absolute Gasteiger partial charge is 0.198 e. The van der Waals surface area contributed by atoms with Crippen molar-refractivity contribution in [2.75, 3.05) is 0 Å². The molecule has 0 bridgehead atoms. The van der Waals surface area contributed by atoms with E-state index in [4.69, 9.17) is 0 Å². The van der Waals surface area contributed by atoms with Crippen LogP contribution in [0.3, 0.4) is 0 Å². The Bertz CT molecular complexity index is 365. The van der Waals surface area contributed by atoms with Gasteiger partial charge in [0.15, 0.2) is 14.9 Å². The number of rotatable bonds is 2. The number of thiazole rings is 1. The third-order valence-electron chi connectivity index (χ3n) is 1.51. The molecule has 1 heterocycles. The van der Waals surface area contributed by atoms with Gasteiger partial charge in [-0.25, -0.2) is 13.4 Å². The zero-order valence-corrected chi connectivity index (χ0v) is 8.87. The zero-order valence-electron chi connectivity index (χ0n) is 7.23. The number of aromatic nitrogens is 1. The van der Waals surface area contributed by atoms with Crippen LogP contribution in [0.5, 0.6) is 0 Å². The summed E-state index contributed by atoms with van der Waals surface area (Å²) in [5, 5.41) is 2.19. The van der Waals surface area contributed by atoms with Crippen LogP contribution >= 0.6 is 11.3 Å². The summed E-state index contributed by atoms with van der Waals surface area (Å²) in [6.07, 6.45) is 0. The summed E-state index contributed by atoms with van der Waals surface area (Å²) in [5.74, 6) is 0. The van der Waals surface area contributed by atoms with Crippen molar-refractivity contribution in [3.8, 4) is 0 Å². The molecule has 0 atom stereocenters. The third-order valence-corrected chi connectivity index (χ3v) is 4.47. The first-order valence-electron chi connectivity index (χ1n) is 3.60. The molecule has 0 spiro atoms. The molecule has 0 fully saturated rings. The summed E-state index contributed by atoms with van der Waals surface area (Å²) in [6, 6.07) is 0. The quantitative estimate of drug-likeness (QED) is 0.737. The van der Waals surface area contributed by atoms with Crippen LogP contribution in [0, 0.1) is 6.92 Å². The van der Waals surface area contributed by atoms with Crippen molar-refractivity contribution in [1.82, 2.24) is 4.98 Å². The Labute approximate surface area is 76.4 Å². The lowest BCUT2D eigenvalue weighted by Gasteiger charge is -2.02. The van der Waals surface area contributed by atoms with Gasteiger partial charge in [0.2, 0.25) is 0 Å². The van der Waals surface area contributed by atoms with E-state index in [2.05, 4.69) is 4.98 Å². The summed E-state index contributed by atoms with van der Waals surface area (Å²) in [6.45, 7) is 5.11. The highest BCUT2D eigenvalue weighted by Gasteiger charge is 2.21. The highest BCUT2D eigenvalue weighted by atomic mass is 32.2. The second-order valence-electron chi connectivity index (χ2n) is 2.80. The van der Waals surface area contributed by atoms with E-state index in [1.54, 1.807) is 26.2 Å². The molecule has 0 radical (unpaired) electrons. The second-order valence-corrected chi connectivity index (χ2v) is 6.31. The highest BCUT2D eigenvalue weighted by Crippen LogP contribution is 2.17. The predicted molar refractivity (Wildman–Crippen MR) is 49.2 cm³/mol. The molecule has 5 heteroatoms. The minimum atomic E-state index is -3.16. The van der Waals surface area contributed by atoms with Gasteiger partial charge in [-0.05, 0) is 20.8 Å². The second kappa shape index (κ2) is 3.14. The lowest BCUT2D eigenvalue weighted by atomic mass is 10.6. The Morgan fingerprint density at radius 1 is 1.50 bits per heavy atom. The SMILES string of the molecule is Cc1nc(S(=O)(=O)C(C)C)cs1. The third kappa shape index (κ3) is 1.67. The monoisotopic (exact) mass is 205 g/mol. The van der Waals surface area contributed by atoms with Crippen molar-refractivity contribution in [2.45, 2.75) is 31.0 Å². The molecule has 1 aromatic heterocycles. The number of hydrogen-bond acceptors (Lipinski definition) is 4. The Morgan fingerprint density at radius 3 is 2.42 bits per heavy atom. The maximum absolute atomic E-state index is 11.5. The normalized spacial score (nSPS) is 12.3. The number of hydrogen-bond donors (Lipinski definition) is 0. The van der Waals surface area contributed by atoms with Gasteiger partial charge in [-0.15, -0.1) is 11.3 Å². The van der Waals surface area contributed by atoms with Crippen molar-refractivity contribution in [3.05, 3.63) is 10.4 Å². The van der Waals surface area contributed by atoms with E-state index in [9.17, 15) is 8.42 Å². The molecule has 0 N–H and O–H groups in total. The molecule has 0 saturated carbocycles. The van der Waals surface area contributed by atoms with Gasteiger partial charge in [0.1, 0.15) is 0 Å². The lowest BCUT2D eigenvalue weighted by molar-refractivity contribution is 0.584. The van der Waals surface area contributed by atoms with Gasteiger partial charge in [-0.3, -0.25) is 0 Å². The van der Waals surface area contributed by atoms with Gasteiger partial charge in [-0.1, -0.05) is 0 Å². The van der Waals surface area contributed by atoms with Crippen molar-refractivity contribution in [1.29, 1.82) is 0 Å². The Morgan fingerprint density at radius 2 is 2.08 bits per heavy atom. The first-order valence-corrected chi connectivity index (χ1v) is 6.03. The zero-order chi connectivity index (χ0) is 9.35. The van der Waals surface area contributed by atoms with E-state index < -0.39 is 9.84 Å². The van der Waals surface area contributed by atoms with Crippen LogP contribution in [-0.2, 0) is 9.84 Å². The molecular formula is C7H11NO2S2. The molecule has 0 saturated heterocycles. The summed E-state index contributed by atoms with van der Waals surface area (Å²) in [4.78, 5) is 3.93. The highest BCUT2D eigenvalue weighted by molar-refractivity contribution is 7.92. The van der Waals surface area contributed by atoms with Crippen LogP contribution in [0.15, 0.2) is 10.4 Å². The van der Waals surface area contributed by atoms with Crippen LogP contribution in [-0.4, -0.2) is 18.7 Å². The molecule has 0 aromatic carbocycles. The van der Waals surface area contributed by atoms with Gasteiger partial charge in [-0.2, -0.15) is 0 Å². The number of aryl methyl sites for hydroxylation is 1. The minimum absolute atomic E-state index is 0.208. The first-order chi connectivity index (χ1) is 5.44. The molecule has 1 rings (SSSR count). The summed E-state index contributed by atoms with van der Waals surface area (Å²) >= 11 is 1.36. The van der Waals surface area contributed by atoms with E-state index in [-0.39, 0.29) is 10.3 Å². The van der Waals surface area contributed by atoms with Crippen LogP contribution < -0.4 is 0 Å². The molecule has 1 aromatic rings. The average molecular weight is 205 g/mol. The van der Waals surface area contributed by atoms with Crippen molar-refractivity contribution in [3.63, 3.8) is 0 Å². The maximum Gasteiger partial charge on any atom is 0.198 e. The number of sulfone groups is 1. The first kappa shape index (κ1) is 9.67. The van der Waals surface area contributed by atoms with Crippen molar-refractivity contribution < 1.29 is 8.42 Å². The molecule has 0 aliphatic rings. The fourth-order valence-corrected chi connectivity index (χ4v) is 2.68. The van der Waals surface area contributed by atoms with Crippen LogP contribution in [0.2, 0.25) is 0 Å². The average Bonchev–Trinajstić information content (AvgIpc) is 2.35. The molecule has 0 amide bonds. The molecule has 0 aliphatic heterocycles. The maximum atomic E-state index is 11.5. The van der Waals surface area contributed by atoms with Crippen molar-refractivity contribution in [2.24, 2.45) is 0 Å². The summed E-state index contributed by atoms with van der Waals surface area (Å²) in [5.41, 5.74) is 0. The molecule has 0 aliphatic carbocycles. The lowest BCUT2D eigenvalue weighted by Crippen LogP contribution is -2.14.